The SMILES string of the molecule is CCNC(=O)[C@H]1O[C@@H](n2cnc3c(N)nc(N4CCN(c5ccc(OC)cc5)CC4)nc32)[C@H](O)[C@@H]1O. The predicted octanol–water partition coefficient (Wildman–Crippen LogP) is -0.501. The Morgan fingerprint density at radius 2 is 1.83 bits per heavy atom. The van der Waals surface area contributed by atoms with Crippen LogP contribution in [0.1, 0.15) is 13.2 Å². The van der Waals surface area contributed by atoms with Crippen molar-refractivity contribution in [2.45, 2.75) is 31.5 Å². The molecule has 5 rings (SSSR count). The number of nitrogens with one attached hydrogen (secondary N) is 1. The summed E-state index contributed by atoms with van der Waals surface area (Å²) in [5.74, 6) is 0.942. The van der Waals surface area contributed by atoms with Gasteiger partial charge in [-0.15, -0.1) is 0 Å². The Hall–Kier alpha value is -3.68. The molecule has 0 unspecified atom stereocenters. The number of rotatable bonds is 6. The number of likely N-dealkylation sites (N-methyl/N-ethyl adjacent to an activating group) is 1. The van der Waals surface area contributed by atoms with E-state index in [2.05, 4.69) is 25.2 Å². The zero-order valence-electron chi connectivity index (χ0n) is 20.1. The van der Waals surface area contributed by atoms with Gasteiger partial charge in [0.05, 0.1) is 13.4 Å². The number of aliphatic hydroxyl groups is 2. The first-order valence-electron chi connectivity index (χ1n) is 11.8. The first-order valence-corrected chi connectivity index (χ1v) is 11.8. The first kappa shape index (κ1) is 24.0. The van der Waals surface area contributed by atoms with Gasteiger partial charge in [0.1, 0.15) is 23.5 Å². The molecular weight excluding hydrogens is 468 g/mol. The number of aliphatic hydroxyl groups excluding tert-OH is 2. The zero-order valence-corrected chi connectivity index (χ0v) is 20.1. The largest absolute Gasteiger partial charge is 0.497 e. The normalized spacial score (nSPS) is 24.3. The van der Waals surface area contributed by atoms with E-state index in [1.165, 1.54) is 10.9 Å². The van der Waals surface area contributed by atoms with Crippen molar-refractivity contribution in [1.82, 2.24) is 24.8 Å². The predicted molar refractivity (Wildman–Crippen MR) is 132 cm³/mol. The first-order chi connectivity index (χ1) is 17.4. The third-order valence-electron chi connectivity index (χ3n) is 6.56. The standard InChI is InChI=1S/C23H30N8O5/c1-3-25-21(34)18-16(32)17(33)22(36-18)31-12-26-15-19(24)27-23(28-20(15)31)30-10-8-29(9-11-30)13-4-6-14(35-2)7-5-13/h4-7,12,16-18,22,32-33H,3,8-11H2,1-2H3,(H,25,34)(H2,24,27,28)/t16-,17+,18-,22+/m0/s1. The van der Waals surface area contributed by atoms with Gasteiger partial charge in [-0.25, -0.2) is 4.98 Å². The smallest absolute Gasteiger partial charge is 0.252 e. The molecule has 1 aromatic carbocycles. The van der Waals surface area contributed by atoms with Crippen molar-refractivity contribution < 1.29 is 24.5 Å². The van der Waals surface area contributed by atoms with Gasteiger partial charge in [0.2, 0.25) is 5.95 Å². The van der Waals surface area contributed by atoms with E-state index in [0.717, 1.165) is 24.5 Å². The molecule has 2 aliphatic rings. The molecule has 2 saturated heterocycles. The average molecular weight is 499 g/mol. The van der Waals surface area contributed by atoms with Crippen molar-refractivity contribution in [3.63, 3.8) is 0 Å². The lowest BCUT2D eigenvalue weighted by Crippen LogP contribution is -2.47. The summed E-state index contributed by atoms with van der Waals surface area (Å²) in [6.07, 6.45) is -3.62. The Labute approximate surface area is 207 Å². The number of amides is 1. The Bertz CT molecular complexity index is 1230. The molecule has 4 atom stereocenters. The van der Waals surface area contributed by atoms with E-state index in [0.29, 0.717) is 36.7 Å². The van der Waals surface area contributed by atoms with Crippen LogP contribution >= 0.6 is 0 Å². The summed E-state index contributed by atoms with van der Waals surface area (Å²) in [6.45, 7) is 5.00. The Morgan fingerprint density at radius 1 is 1.14 bits per heavy atom. The average Bonchev–Trinajstić information content (AvgIpc) is 3.45. The molecule has 0 spiro atoms. The number of methoxy groups -OCH3 is 1. The summed E-state index contributed by atoms with van der Waals surface area (Å²) in [6, 6.07) is 7.94. The van der Waals surface area contributed by atoms with E-state index in [1.807, 2.05) is 29.2 Å². The van der Waals surface area contributed by atoms with Crippen LogP contribution in [0.4, 0.5) is 17.5 Å². The second-order valence-electron chi connectivity index (χ2n) is 8.73. The van der Waals surface area contributed by atoms with Crippen LogP contribution in [0.2, 0.25) is 0 Å². The topological polar surface area (TPSA) is 164 Å². The molecule has 3 aromatic rings. The van der Waals surface area contributed by atoms with Gasteiger partial charge < -0.3 is 40.5 Å². The van der Waals surface area contributed by atoms with Crippen molar-refractivity contribution in [2.24, 2.45) is 0 Å². The summed E-state index contributed by atoms with van der Waals surface area (Å²) in [4.78, 5) is 30.0. The third-order valence-corrected chi connectivity index (χ3v) is 6.56. The molecule has 4 heterocycles. The third kappa shape index (κ3) is 4.25. The van der Waals surface area contributed by atoms with Crippen LogP contribution in [-0.2, 0) is 9.53 Å². The lowest BCUT2D eigenvalue weighted by molar-refractivity contribution is -0.137. The monoisotopic (exact) mass is 498 g/mol. The van der Waals surface area contributed by atoms with Gasteiger partial charge in [-0.2, -0.15) is 9.97 Å². The van der Waals surface area contributed by atoms with E-state index in [-0.39, 0.29) is 5.82 Å². The maximum absolute atomic E-state index is 12.3. The minimum absolute atomic E-state index is 0.194. The number of fused-ring (bicyclic) bond motifs is 1. The molecule has 5 N–H and O–H groups in total. The van der Waals surface area contributed by atoms with E-state index >= 15 is 0 Å². The van der Waals surface area contributed by atoms with Crippen molar-refractivity contribution in [3.05, 3.63) is 30.6 Å². The molecule has 13 nitrogen and oxygen atoms in total. The van der Waals surface area contributed by atoms with Crippen molar-refractivity contribution in [1.29, 1.82) is 0 Å². The van der Waals surface area contributed by atoms with Crippen LogP contribution < -0.4 is 25.6 Å². The summed E-state index contributed by atoms with van der Waals surface area (Å²) in [5, 5.41) is 23.6. The molecule has 2 aliphatic heterocycles. The van der Waals surface area contributed by atoms with Crippen LogP contribution in [0.5, 0.6) is 5.75 Å². The molecule has 36 heavy (non-hydrogen) atoms. The Balaban J connectivity index is 1.36. The summed E-state index contributed by atoms with van der Waals surface area (Å²) in [7, 11) is 1.64. The van der Waals surface area contributed by atoms with Gasteiger partial charge >= 0.3 is 0 Å². The molecule has 13 heteroatoms. The summed E-state index contributed by atoms with van der Waals surface area (Å²) >= 11 is 0. The fourth-order valence-corrected chi connectivity index (χ4v) is 4.59. The molecule has 0 radical (unpaired) electrons. The highest BCUT2D eigenvalue weighted by atomic mass is 16.6. The number of ether oxygens (including phenoxy) is 2. The Morgan fingerprint density at radius 3 is 2.50 bits per heavy atom. The highest BCUT2D eigenvalue weighted by Crippen LogP contribution is 2.33. The molecule has 0 saturated carbocycles. The second kappa shape index (κ2) is 9.76. The van der Waals surface area contributed by atoms with Gasteiger partial charge in [-0.1, -0.05) is 0 Å². The lowest BCUT2D eigenvalue weighted by atomic mass is 10.1. The van der Waals surface area contributed by atoms with E-state index in [9.17, 15) is 15.0 Å². The van der Waals surface area contributed by atoms with Crippen LogP contribution in [0, 0.1) is 0 Å². The minimum Gasteiger partial charge on any atom is -0.497 e. The number of benzene rings is 1. The Kier molecular flexibility index (Phi) is 6.51. The quantitative estimate of drug-likeness (QED) is 0.346. The molecule has 2 aromatic heterocycles. The lowest BCUT2D eigenvalue weighted by Gasteiger charge is -2.36. The summed E-state index contributed by atoms with van der Waals surface area (Å²) in [5.41, 5.74) is 8.01. The van der Waals surface area contributed by atoms with Crippen molar-refractivity contribution in [3.8, 4) is 5.75 Å². The highest BCUT2D eigenvalue weighted by Gasteiger charge is 2.47. The second-order valence-corrected chi connectivity index (χ2v) is 8.73. The fourth-order valence-electron chi connectivity index (χ4n) is 4.59. The maximum Gasteiger partial charge on any atom is 0.252 e. The number of imidazole rings is 1. The van der Waals surface area contributed by atoms with Gasteiger partial charge in [-0.05, 0) is 31.2 Å². The minimum atomic E-state index is -1.40. The van der Waals surface area contributed by atoms with Gasteiger partial charge in [0.15, 0.2) is 23.8 Å². The number of aromatic nitrogens is 4. The number of carbonyl (C=O) groups is 1. The van der Waals surface area contributed by atoms with E-state index in [4.69, 9.17) is 15.2 Å². The van der Waals surface area contributed by atoms with Crippen molar-refractivity contribution >= 4 is 34.5 Å². The van der Waals surface area contributed by atoms with Gasteiger partial charge in [0.25, 0.3) is 5.91 Å². The van der Waals surface area contributed by atoms with Gasteiger partial charge in [0, 0.05) is 38.4 Å². The number of nitrogens with zero attached hydrogens (tertiary/aromatic N) is 6. The number of anilines is 3. The van der Waals surface area contributed by atoms with Crippen LogP contribution in [0.3, 0.4) is 0 Å². The molecule has 192 valence electrons. The van der Waals surface area contributed by atoms with Crippen LogP contribution in [-0.4, -0.2) is 93.8 Å². The van der Waals surface area contributed by atoms with Crippen molar-refractivity contribution in [2.75, 3.05) is 55.4 Å². The molecule has 2 fully saturated rings. The number of piperazine rings is 1. The van der Waals surface area contributed by atoms with Crippen LogP contribution in [0.25, 0.3) is 11.2 Å². The molecule has 1 amide bonds. The molecule has 0 bridgehead atoms. The number of hydrogen-bond donors (Lipinski definition) is 4. The van der Waals surface area contributed by atoms with Crippen LogP contribution in [0.15, 0.2) is 30.6 Å². The summed E-state index contributed by atoms with van der Waals surface area (Å²) < 4.78 is 12.5. The van der Waals surface area contributed by atoms with E-state index in [1.54, 1.807) is 14.0 Å². The highest BCUT2D eigenvalue weighted by molar-refractivity contribution is 5.84. The van der Waals surface area contributed by atoms with E-state index < -0.39 is 30.4 Å². The zero-order chi connectivity index (χ0) is 25.4. The van der Waals surface area contributed by atoms with Gasteiger partial charge in [-0.3, -0.25) is 9.36 Å². The fraction of sp³-hybridized carbons (Fsp3) is 0.478. The number of hydrogen-bond acceptors (Lipinski definition) is 11. The number of nitrogens with two attached hydrogens (primary N) is 1. The number of carbonyl (C=O) groups excluding carboxylic acids is 1. The molecular formula is C23H30N8O5. The number of nitrogen functional groups attached to an aromatic ring is 1. The molecule has 0 aliphatic carbocycles. The maximum atomic E-state index is 12.3.